The van der Waals surface area contributed by atoms with Crippen molar-refractivity contribution in [1.82, 2.24) is 30.0 Å². The number of rotatable bonds is 7. The minimum atomic E-state index is 0.0674. The van der Waals surface area contributed by atoms with Gasteiger partial charge < -0.3 is 14.8 Å². The van der Waals surface area contributed by atoms with Gasteiger partial charge in [-0.25, -0.2) is 9.78 Å². The molecule has 3 rings (SSSR count). The lowest BCUT2D eigenvalue weighted by molar-refractivity contribution is 0.165. The van der Waals surface area contributed by atoms with E-state index in [1.165, 1.54) is 0 Å². The zero-order valence-electron chi connectivity index (χ0n) is 14.4. The standard InChI is InChI=1S/C16H24N6OS2/c1-13-19-20-16(25-13)24-10-2-5-18-15(23)22-7-3-14(4-8-22)11-21-9-6-17-12-21/h6,9,12,14H,2-5,7-8,10-11H2,1H3,(H,18,23). The second-order valence-corrected chi connectivity index (χ2v) is 8.73. The van der Waals surface area contributed by atoms with Crippen LogP contribution in [0.25, 0.3) is 0 Å². The van der Waals surface area contributed by atoms with E-state index in [0.717, 1.165) is 54.0 Å². The second-order valence-electron chi connectivity index (χ2n) is 6.21. The first-order chi connectivity index (χ1) is 12.2. The predicted molar refractivity (Wildman–Crippen MR) is 99.9 cm³/mol. The first kappa shape index (κ1) is 18.2. The van der Waals surface area contributed by atoms with Gasteiger partial charge in [0.1, 0.15) is 5.01 Å². The molecule has 0 bridgehead atoms. The van der Waals surface area contributed by atoms with Crippen LogP contribution in [0.4, 0.5) is 4.79 Å². The molecule has 0 aliphatic carbocycles. The third-order valence-corrected chi connectivity index (χ3v) is 6.32. The molecule has 0 atom stereocenters. The van der Waals surface area contributed by atoms with Crippen molar-refractivity contribution < 1.29 is 4.79 Å². The van der Waals surface area contributed by atoms with Gasteiger partial charge in [-0.05, 0) is 32.1 Å². The fraction of sp³-hybridized carbons (Fsp3) is 0.625. The Labute approximate surface area is 156 Å². The van der Waals surface area contributed by atoms with E-state index < -0.39 is 0 Å². The van der Waals surface area contributed by atoms with Crippen LogP contribution >= 0.6 is 23.1 Å². The molecule has 9 heteroatoms. The van der Waals surface area contributed by atoms with Crippen molar-refractivity contribution in [2.24, 2.45) is 5.92 Å². The SMILES string of the molecule is Cc1nnc(SCCCNC(=O)N2CCC(Cn3ccnc3)CC2)s1. The van der Waals surface area contributed by atoms with E-state index in [2.05, 4.69) is 25.1 Å². The molecule has 25 heavy (non-hydrogen) atoms. The van der Waals surface area contributed by atoms with Crippen LogP contribution in [0.5, 0.6) is 0 Å². The summed E-state index contributed by atoms with van der Waals surface area (Å²) in [6, 6.07) is 0.0674. The number of aryl methyl sites for hydroxylation is 1. The summed E-state index contributed by atoms with van der Waals surface area (Å²) in [6.07, 6.45) is 8.72. The lowest BCUT2D eigenvalue weighted by Crippen LogP contribution is -2.45. The zero-order chi connectivity index (χ0) is 17.5. The number of carbonyl (C=O) groups is 1. The Morgan fingerprint density at radius 1 is 1.40 bits per heavy atom. The smallest absolute Gasteiger partial charge is 0.317 e. The van der Waals surface area contributed by atoms with Crippen LogP contribution in [0.1, 0.15) is 24.3 Å². The van der Waals surface area contributed by atoms with Crippen molar-refractivity contribution >= 4 is 29.1 Å². The number of piperidine rings is 1. The number of urea groups is 1. The number of likely N-dealkylation sites (tertiary alicyclic amines) is 1. The van der Waals surface area contributed by atoms with Crippen molar-refractivity contribution in [1.29, 1.82) is 0 Å². The van der Waals surface area contributed by atoms with E-state index in [1.54, 1.807) is 23.1 Å². The van der Waals surface area contributed by atoms with Gasteiger partial charge in [-0.3, -0.25) is 0 Å². The number of aromatic nitrogens is 4. The molecule has 1 N–H and O–H groups in total. The summed E-state index contributed by atoms with van der Waals surface area (Å²) in [7, 11) is 0. The summed E-state index contributed by atoms with van der Waals surface area (Å²) < 4.78 is 3.13. The largest absolute Gasteiger partial charge is 0.338 e. The number of carbonyl (C=O) groups excluding carboxylic acids is 1. The van der Waals surface area contributed by atoms with E-state index in [-0.39, 0.29) is 6.03 Å². The highest BCUT2D eigenvalue weighted by Gasteiger charge is 2.22. The van der Waals surface area contributed by atoms with Crippen LogP contribution in [0.2, 0.25) is 0 Å². The van der Waals surface area contributed by atoms with Crippen LogP contribution in [-0.4, -0.2) is 56.1 Å². The van der Waals surface area contributed by atoms with Crippen molar-refractivity contribution in [2.75, 3.05) is 25.4 Å². The molecule has 0 unspecified atom stereocenters. The van der Waals surface area contributed by atoms with Gasteiger partial charge in [-0.2, -0.15) is 0 Å². The summed E-state index contributed by atoms with van der Waals surface area (Å²) in [5, 5.41) is 12.1. The highest BCUT2D eigenvalue weighted by molar-refractivity contribution is 8.01. The summed E-state index contributed by atoms with van der Waals surface area (Å²) in [5.41, 5.74) is 0. The van der Waals surface area contributed by atoms with Gasteiger partial charge in [0.05, 0.1) is 6.33 Å². The zero-order valence-corrected chi connectivity index (χ0v) is 16.1. The molecule has 2 amide bonds. The molecule has 2 aromatic heterocycles. The van der Waals surface area contributed by atoms with Crippen LogP contribution < -0.4 is 5.32 Å². The van der Waals surface area contributed by atoms with E-state index in [9.17, 15) is 4.79 Å². The van der Waals surface area contributed by atoms with Gasteiger partial charge >= 0.3 is 6.03 Å². The summed E-state index contributed by atoms with van der Waals surface area (Å²) >= 11 is 3.32. The monoisotopic (exact) mass is 380 g/mol. The lowest BCUT2D eigenvalue weighted by atomic mass is 9.97. The third-order valence-electron chi connectivity index (χ3n) is 4.26. The number of hydrogen-bond donors (Lipinski definition) is 1. The summed E-state index contributed by atoms with van der Waals surface area (Å²) in [5.74, 6) is 1.58. The quantitative estimate of drug-likeness (QED) is 0.590. The Balaban J connectivity index is 1.27. The number of imidazole rings is 1. The number of nitrogens with zero attached hydrogens (tertiary/aromatic N) is 5. The molecule has 0 radical (unpaired) electrons. The molecule has 1 fully saturated rings. The van der Waals surface area contributed by atoms with Crippen molar-refractivity contribution in [3.8, 4) is 0 Å². The van der Waals surface area contributed by atoms with E-state index in [0.29, 0.717) is 12.5 Å². The van der Waals surface area contributed by atoms with Gasteiger partial charge in [0, 0.05) is 44.3 Å². The van der Waals surface area contributed by atoms with Gasteiger partial charge in [-0.1, -0.05) is 23.1 Å². The summed E-state index contributed by atoms with van der Waals surface area (Å²) in [6.45, 7) is 5.34. The molecule has 0 saturated carbocycles. The van der Waals surface area contributed by atoms with Crippen molar-refractivity contribution in [3.63, 3.8) is 0 Å². The Bertz CT molecular complexity index is 651. The Morgan fingerprint density at radius 2 is 2.24 bits per heavy atom. The first-order valence-corrected chi connectivity index (χ1v) is 10.4. The molecule has 1 aliphatic heterocycles. The highest BCUT2D eigenvalue weighted by atomic mass is 32.2. The highest BCUT2D eigenvalue weighted by Crippen LogP contribution is 2.22. The van der Waals surface area contributed by atoms with Gasteiger partial charge in [0.2, 0.25) is 0 Å². The summed E-state index contributed by atoms with van der Waals surface area (Å²) in [4.78, 5) is 18.2. The van der Waals surface area contributed by atoms with Crippen LogP contribution in [0, 0.1) is 12.8 Å². The molecular formula is C16H24N6OS2. The second kappa shape index (κ2) is 9.19. The van der Waals surface area contributed by atoms with Gasteiger partial charge in [-0.15, -0.1) is 10.2 Å². The van der Waals surface area contributed by atoms with Crippen molar-refractivity contribution in [3.05, 3.63) is 23.7 Å². The van der Waals surface area contributed by atoms with Crippen LogP contribution in [0.3, 0.4) is 0 Å². The maximum absolute atomic E-state index is 12.2. The number of hydrogen-bond acceptors (Lipinski definition) is 6. The molecule has 136 valence electrons. The molecule has 1 saturated heterocycles. The predicted octanol–water partition coefficient (Wildman–Crippen LogP) is 2.65. The average molecular weight is 381 g/mol. The maximum atomic E-state index is 12.2. The number of nitrogens with one attached hydrogen (secondary N) is 1. The van der Waals surface area contributed by atoms with Crippen LogP contribution in [0.15, 0.2) is 23.1 Å². The van der Waals surface area contributed by atoms with E-state index >= 15 is 0 Å². The number of thioether (sulfide) groups is 1. The third kappa shape index (κ3) is 5.71. The van der Waals surface area contributed by atoms with Gasteiger partial charge in [0.25, 0.3) is 0 Å². The normalized spacial score (nSPS) is 15.5. The molecule has 1 aliphatic rings. The molecule has 7 nitrogen and oxygen atoms in total. The van der Waals surface area contributed by atoms with E-state index in [1.807, 2.05) is 30.5 Å². The minimum Gasteiger partial charge on any atom is -0.338 e. The molecule has 0 aromatic carbocycles. The molecule has 2 aromatic rings. The van der Waals surface area contributed by atoms with Gasteiger partial charge in [0.15, 0.2) is 4.34 Å². The topological polar surface area (TPSA) is 75.9 Å². The minimum absolute atomic E-state index is 0.0674. The van der Waals surface area contributed by atoms with Crippen molar-refractivity contribution in [2.45, 2.75) is 37.1 Å². The maximum Gasteiger partial charge on any atom is 0.317 e. The Hall–Kier alpha value is -1.61. The lowest BCUT2D eigenvalue weighted by Gasteiger charge is -2.32. The molecular weight excluding hydrogens is 356 g/mol. The Morgan fingerprint density at radius 3 is 2.92 bits per heavy atom. The van der Waals surface area contributed by atoms with E-state index in [4.69, 9.17) is 0 Å². The average Bonchev–Trinajstić information content (AvgIpc) is 3.27. The molecule has 3 heterocycles. The number of amides is 2. The fourth-order valence-corrected chi connectivity index (χ4v) is 4.71. The first-order valence-electron chi connectivity index (χ1n) is 8.62. The fourth-order valence-electron chi connectivity index (χ4n) is 2.89. The Kier molecular flexibility index (Phi) is 6.69. The van der Waals surface area contributed by atoms with Crippen LogP contribution in [-0.2, 0) is 6.54 Å². The molecule has 0 spiro atoms.